The lowest BCUT2D eigenvalue weighted by molar-refractivity contribution is -0.126. The molecule has 0 fully saturated rings. The fourth-order valence-corrected chi connectivity index (χ4v) is 5.13. The molecule has 5 rings (SSSR count). The van der Waals surface area contributed by atoms with Crippen molar-refractivity contribution in [1.29, 1.82) is 0 Å². The lowest BCUT2D eigenvalue weighted by Gasteiger charge is -2.23. The van der Waals surface area contributed by atoms with Gasteiger partial charge in [0.1, 0.15) is 6.04 Å². The average Bonchev–Trinajstić information content (AvgIpc) is 3.47. The number of benzene rings is 3. The van der Waals surface area contributed by atoms with E-state index in [9.17, 15) is 19.5 Å². The first-order valence-electron chi connectivity index (χ1n) is 13.5. The molecular formula is C30H29BrClN7O4. The number of halogens is 2. The van der Waals surface area contributed by atoms with Crippen LogP contribution < -0.4 is 21.9 Å². The molecule has 5 aromatic rings. The molecule has 6 N–H and O–H groups in total. The maximum Gasteiger partial charge on any atom is 0.261 e. The van der Waals surface area contributed by atoms with Crippen LogP contribution in [0.25, 0.3) is 32.9 Å². The molecule has 2 amide bonds. The van der Waals surface area contributed by atoms with Crippen LogP contribution in [-0.4, -0.2) is 55.4 Å². The summed E-state index contributed by atoms with van der Waals surface area (Å²) in [5.74, 6) is -0.889. The highest BCUT2D eigenvalue weighted by atomic mass is 79.9. The van der Waals surface area contributed by atoms with Crippen LogP contribution in [0.4, 0.5) is 0 Å². The second kappa shape index (κ2) is 13.0. The summed E-state index contributed by atoms with van der Waals surface area (Å²) in [4.78, 5) is 42.9. The van der Waals surface area contributed by atoms with E-state index in [1.165, 1.54) is 17.8 Å². The molecule has 0 spiro atoms. The van der Waals surface area contributed by atoms with Crippen molar-refractivity contribution in [2.45, 2.75) is 38.1 Å². The molecule has 0 aliphatic carbocycles. The van der Waals surface area contributed by atoms with Crippen molar-refractivity contribution in [2.75, 3.05) is 6.54 Å². The summed E-state index contributed by atoms with van der Waals surface area (Å²) in [6, 6.07) is 14.9. The number of hydrogen-bond acceptors (Lipinski definition) is 7. The Bertz CT molecular complexity index is 1870. The molecule has 0 saturated carbocycles. The molecule has 43 heavy (non-hydrogen) atoms. The number of carbonyl (C=O) groups excluding carboxylic acids is 2. The highest BCUT2D eigenvalue weighted by Crippen LogP contribution is 2.27. The standard InChI is InChI=1S/C30H29BrClN7O4/c1-16(40)28(33)29(42)37-26(19-4-2-3-17(9-19)18-5-6-24-20(10-18)13-36-38-24)14-34-27(41)7-8-39-15-35-25-12-22(31)23(32)11-21(25)30(39)43/h2-6,9-13,15-16,26,28,40H,7-8,14,33H2,1H3,(H,34,41)(H,36,38)(H,37,42)/t16-,26-,28+/m1/s1. The number of aryl methyl sites for hydroxylation is 1. The number of aromatic amines is 1. The molecule has 13 heteroatoms. The third-order valence-corrected chi connectivity index (χ3v) is 8.35. The molecule has 0 aliphatic heterocycles. The largest absolute Gasteiger partial charge is 0.391 e. The molecule has 2 aromatic heterocycles. The zero-order chi connectivity index (χ0) is 30.7. The van der Waals surface area contributed by atoms with Gasteiger partial charge in [-0.05, 0) is 69.9 Å². The van der Waals surface area contributed by atoms with E-state index in [1.54, 1.807) is 18.3 Å². The molecule has 2 heterocycles. The lowest BCUT2D eigenvalue weighted by atomic mass is 9.98. The van der Waals surface area contributed by atoms with Crippen LogP contribution in [0.5, 0.6) is 0 Å². The zero-order valence-corrected chi connectivity index (χ0v) is 25.4. The van der Waals surface area contributed by atoms with E-state index in [0.29, 0.717) is 20.4 Å². The number of hydrogen-bond donors (Lipinski definition) is 5. The maximum atomic E-state index is 12.9. The van der Waals surface area contributed by atoms with Crippen LogP contribution in [0, 0.1) is 0 Å². The first-order chi connectivity index (χ1) is 20.6. The van der Waals surface area contributed by atoms with Gasteiger partial charge < -0.3 is 21.5 Å². The van der Waals surface area contributed by atoms with Gasteiger partial charge >= 0.3 is 0 Å². The molecule has 3 aromatic carbocycles. The summed E-state index contributed by atoms with van der Waals surface area (Å²) in [7, 11) is 0. The van der Waals surface area contributed by atoms with Gasteiger partial charge in [0, 0.05) is 29.4 Å². The Morgan fingerprint density at radius 3 is 2.74 bits per heavy atom. The van der Waals surface area contributed by atoms with Crippen molar-refractivity contribution >= 4 is 61.2 Å². The van der Waals surface area contributed by atoms with E-state index in [-0.39, 0.29) is 31.0 Å². The molecule has 0 aliphatic rings. The quantitative estimate of drug-likeness (QED) is 0.152. The van der Waals surface area contributed by atoms with E-state index in [4.69, 9.17) is 17.3 Å². The van der Waals surface area contributed by atoms with E-state index < -0.39 is 24.1 Å². The predicted molar refractivity (Wildman–Crippen MR) is 168 cm³/mol. The van der Waals surface area contributed by atoms with Gasteiger partial charge in [0.25, 0.3) is 5.56 Å². The minimum atomic E-state index is -1.15. The van der Waals surface area contributed by atoms with Gasteiger partial charge in [-0.15, -0.1) is 0 Å². The molecule has 0 saturated heterocycles. The van der Waals surface area contributed by atoms with Gasteiger partial charge in [-0.2, -0.15) is 5.10 Å². The molecule has 3 atom stereocenters. The molecule has 0 unspecified atom stereocenters. The third-order valence-electron chi connectivity index (χ3n) is 7.15. The van der Waals surface area contributed by atoms with E-state index in [2.05, 4.69) is 41.7 Å². The third kappa shape index (κ3) is 6.94. The normalized spacial score (nSPS) is 13.5. The minimum absolute atomic E-state index is 0.00401. The second-order valence-corrected chi connectivity index (χ2v) is 11.5. The van der Waals surface area contributed by atoms with E-state index >= 15 is 0 Å². The summed E-state index contributed by atoms with van der Waals surface area (Å²) in [5.41, 5.74) is 9.56. The number of aromatic nitrogens is 4. The Kier molecular flexibility index (Phi) is 9.21. The minimum Gasteiger partial charge on any atom is -0.391 e. The fourth-order valence-electron chi connectivity index (χ4n) is 4.64. The Balaban J connectivity index is 1.31. The number of nitrogens with two attached hydrogens (primary N) is 1. The van der Waals surface area contributed by atoms with Crippen molar-refractivity contribution in [3.05, 3.63) is 92.5 Å². The van der Waals surface area contributed by atoms with E-state index in [0.717, 1.165) is 27.6 Å². The Morgan fingerprint density at radius 2 is 1.95 bits per heavy atom. The van der Waals surface area contributed by atoms with Gasteiger partial charge in [-0.3, -0.25) is 24.0 Å². The van der Waals surface area contributed by atoms with Gasteiger partial charge in [-0.25, -0.2) is 4.98 Å². The van der Waals surface area contributed by atoms with Crippen molar-refractivity contribution in [3.8, 4) is 11.1 Å². The first kappa shape index (κ1) is 30.4. The number of nitrogens with one attached hydrogen (secondary N) is 3. The maximum absolute atomic E-state index is 12.9. The Morgan fingerprint density at radius 1 is 1.16 bits per heavy atom. The monoisotopic (exact) mass is 665 g/mol. The van der Waals surface area contributed by atoms with Crippen molar-refractivity contribution in [1.82, 2.24) is 30.4 Å². The fraction of sp³-hybridized carbons (Fsp3) is 0.233. The number of nitrogens with zero attached hydrogens (tertiary/aromatic N) is 3. The number of aliphatic hydroxyl groups excluding tert-OH is 1. The Labute approximate surface area is 259 Å². The summed E-state index contributed by atoms with van der Waals surface area (Å²) < 4.78 is 1.99. The molecule has 0 bridgehead atoms. The number of fused-ring (bicyclic) bond motifs is 2. The van der Waals surface area contributed by atoms with Gasteiger partial charge in [0.2, 0.25) is 11.8 Å². The van der Waals surface area contributed by atoms with Crippen molar-refractivity contribution in [3.63, 3.8) is 0 Å². The number of aliphatic hydroxyl groups is 1. The van der Waals surface area contributed by atoms with Crippen LogP contribution in [-0.2, 0) is 16.1 Å². The summed E-state index contributed by atoms with van der Waals surface area (Å²) in [6.07, 6.45) is 2.07. The zero-order valence-electron chi connectivity index (χ0n) is 23.1. The highest BCUT2D eigenvalue weighted by molar-refractivity contribution is 9.10. The van der Waals surface area contributed by atoms with Crippen molar-refractivity contribution in [2.24, 2.45) is 5.73 Å². The van der Waals surface area contributed by atoms with Crippen LogP contribution >= 0.6 is 27.5 Å². The molecule has 222 valence electrons. The van der Waals surface area contributed by atoms with Crippen LogP contribution in [0.3, 0.4) is 0 Å². The van der Waals surface area contributed by atoms with Gasteiger partial charge in [-0.1, -0.05) is 35.9 Å². The van der Waals surface area contributed by atoms with Crippen LogP contribution in [0.2, 0.25) is 5.02 Å². The number of rotatable bonds is 10. The highest BCUT2D eigenvalue weighted by Gasteiger charge is 2.23. The summed E-state index contributed by atoms with van der Waals surface area (Å²) in [5, 5.41) is 24.2. The lowest BCUT2D eigenvalue weighted by Crippen LogP contribution is -2.49. The van der Waals surface area contributed by atoms with E-state index in [1.807, 2.05) is 42.5 Å². The Hall–Kier alpha value is -4.10. The van der Waals surface area contributed by atoms with Crippen molar-refractivity contribution < 1.29 is 14.7 Å². The molecular weight excluding hydrogens is 638 g/mol. The van der Waals surface area contributed by atoms with Crippen LogP contribution in [0.1, 0.15) is 24.9 Å². The van der Waals surface area contributed by atoms with Crippen LogP contribution in [0.15, 0.2) is 76.4 Å². The predicted octanol–water partition coefficient (Wildman–Crippen LogP) is 3.43. The summed E-state index contributed by atoms with van der Waals surface area (Å²) in [6.45, 7) is 1.58. The topological polar surface area (TPSA) is 168 Å². The van der Waals surface area contributed by atoms with Gasteiger partial charge in [0.05, 0.1) is 46.1 Å². The SMILES string of the molecule is C[C@@H](O)[C@H](N)C(=O)N[C@H](CNC(=O)CCn1cnc2cc(Br)c(Cl)cc2c1=O)c1cccc(-c2ccc3[nH]ncc3c2)c1. The first-order valence-corrected chi connectivity index (χ1v) is 14.7. The molecule has 11 nitrogen and oxygen atoms in total. The average molecular weight is 667 g/mol. The number of H-pyrrole nitrogens is 1. The molecule has 0 radical (unpaired) electrons. The summed E-state index contributed by atoms with van der Waals surface area (Å²) >= 11 is 9.48. The smallest absolute Gasteiger partial charge is 0.261 e. The second-order valence-electron chi connectivity index (χ2n) is 10.2. The number of amides is 2. The van der Waals surface area contributed by atoms with Gasteiger partial charge in [0.15, 0.2) is 0 Å². The number of carbonyl (C=O) groups is 2.